The van der Waals surface area contributed by atoms with Crippen LogP contribution in [-0.2, 0) is 13.0 Å². The van der Waals surface area contributed by atoms with Crippen LogP contribution in [0.5, 0.6) is 0 Å². The molecular formula is C18H23N3O2. The van der Waals surface area contributed by atoms with Crippen molar-refractivity contribution in [1.29, 1.82) is 0 Å². The minimum atomic E-state index is -0.492. The number of nitrogens with one attached hydrogen (secondary N) is 1. The highest BCUT2D eigenvalue weighted by molar-refractivity contribution is 5.93. The molecule has 5 heteroatoms. The van der Waals surface area contributed by atoms with Gasteiger partial charge in [0.25, 0.3) is 5.91 Å². The van der Waals surface area contributed by atoms with Gasteiger partial charge in [-0.15, -0.1) is 0 Å². The van der Waals surface area contributed by atoms with Gasteiger partial charge in [0.1, 0.15) is 0 Å². The van der Waals surface area contributed by atoms with Crippen molar-refractivity contribution in [2.75, 3.05) is 13.1 Å². The van der Waals surface area contributed by atoms with Gasteiger partial charge in [-0.25, -0.2) is 5.48 Å². The van der Waals surface area contributed by atoms with Gasteiger partial charge < -0.3 is 0 Å². The summed E-state index contributed by atoms with van der Waals surface area (Å²) < 4.78 is 0. The predicted molar refractivity (Wildman–Crippen MR) is 86.0 cm³/mol. The molecule has 1 unspecified atom stereocenters. The molecule has 1 aromatic heterocycles. The summed E-state index contributed by atoms with van der Waals surface area (Å²) in [5.74, 6) is 1.17. The Hall–Kier alpha value is -1.72. The fraction of sp³-hybridized carbons (Fsp3) is 0.556. The van der Waals surface area contributed by atoms with E-state index < -0.39 is 5.91 Å². The molecule has 0 spiro atoms. The molecule has 1 aliphatic heterocycles. The number of hydroxylamine groups is 1. The van der Waals surface area contributed by atoms with Crippen molar-refractivity contribution in [2.45, 2.75) is 38.6 Å². The van der Waals surface area contributed by atoms with Gasteiger partial charge in [-0.2, -0.15) is 0 Å². The molecule has 0 aromatic carbocycles. The summed E-state index contributed by atoms with van der Waals surface area (Å²) in [6.45, 7) is 3.05. The van der Waals surface area contributed by atoms with Crippen molar-refractivity contribution in [2.24, 2.45) is 11.8 Å². The number of fused-ring (bicyclic) bond motifs is 2. The average molecular weight is 313 g/mol. The topological polar surface area (TPSA) is 65.5 Å². The number of allylic oxidation sites excluding steroid dienone is 2. The van der Waals surface area contributed by atoms with E-state index in [4.69, 9.17) is 5.21 Å². The molecule has 23 heavy (non-hydrogen) atoms. The van der Waals surface area contributed by atoms with Gasteiger partial charge in [-0.3, -0.25) is 19.9 Å². The minimum absolute atomic E-state index is 0.425. The Labute approximate surface area is 136 Å². The number of hydrogen-bond acceptors (Lipinski definition) is 4. The Morgan fingerprint density at radius 3 is 3.26 bits per heavy atom. The summed E-state index contributed by atoms with van der Waals surface area (Å²) in [7, 11) is 0. The fourth-order valence-corrected chi connectivity index (χ4v) is 4.10. The lowest BCUT2D eigenvalue weighted by molar-refractivity contribution is 0.0705. The fourth-order valence-electron chi connectivity index (χ4n) is 4.10. The van der Waals surface area contributed by atoms with E-state index in [-0.39, 0.29) is 0 Å². The van der Waals surface area contributed by atoms with Crippen LogP contribution in [0.2, 0.25) is 0 Å². The van der Waals surface area contributed by atoms with Crippen LogP contribution >= 0.6 is 0 Å². The second-order valence-electron chi connectivity index (χ2n) is 7.12. The van der Waals surface area contributed by atoms with Crippen LogP contribution in [-0.4, -0.2) is 34.1 Å². The average Bonchev–Trinajstić information content (AvgIpc) is 3.32. The Morgan fingerprint density at radius 2 is 2.39 bits per heavy atom. The van der Waals surface area contributed by atoms with Gasteiger partial charge in [0.2, 0.25) is 0 Å². The van der Waals surface area contributed by atoms with Gasteiger partial charge >= 0.3 is 0 Å². The lowest BCUT2D eigenvalue weighted by Gasteiger charge is -2.31. The lowest BCUT2D eigenvalue weighted by Crippen LogP contribution is -2.35. The first-order valence-electron chi connectivity index (χ1n) is 8.56. The number of rotatable bonds is 3. The molecular weight excluding hydrogens is 290 g/mol. The van der Waals surface area contributed by atoms with Crippen molar-refractivity contribution in [1.82, 2.24) is 15.4 Å². The Kier molecular flexibility index (Phi) is 3.91. The SMILES string of the molecule is O=C(NO)c1cnc2c(c1)CN(C[C@H]1CCC=C3CC3C1)CC2. The molecule has 1 aromatic rings. The van der Waals surface area contributed by atoms with E-state index in [0.717, 1.165) is 49.1 Å². The highest BCUT2D eigenvalue weighted by Gasteiger charge is 2.34. The zero-order valence-electron chi connectivity index (χ0n) is 13.3. The first-order chi connectivity index (χ1) is 11.2. The van der Waals surface area contributed by atoms with Crippen LogP contribution in [0.1, 0.15) is 47.3 Å². The zero-order chi connectivity index (χ0) is 15.8. The van der Waals surface area contributed by atoms with Gasteiger partial charge in [-0.05, 0) is 49.1 Å². The summed E-state index contributed by atoms with van der Waals surface area (Å²) in [6.07, 6.45) is 10.2. The van der Waals surface area contributed by atoms with Crippen molar-refractivity contribution >= 4 is 5.91 Å². The monoisotopic (exact) mass is 313 g/mol. The molecule has 4 rings (SSSR count). The van der Waals surface area contributed by atoms with Crippen molar-refractivity contribution in [3.63, 3.8) is 0 Å². The van der Waals surface area contributed by atoms with Crippen LogP contribution in [0.4, 0.5) is 0 Å². The smallest absolute Gasteiger partial charge is 0.276 e. The second-order valence-corrected chi connectivity index (χ2v) is 7.12. The van der Waals surface area contributed by atoms with Gasteiger partial charge in [-0.1, -0.05) is 11.6 Å². The predicted octanol–water partition coefficient (Wildman–Crippen LogP) is 2.31. The van der Waals surface area contributed by atoms with Crippen LogP contribution < -0.4 is 5.48 Å². The summed E-state index contributed by atoms with van der Waals surface area (Å²) in [5.41, 5.74) is 6.01. The Morgan fingerprint density at radius 1 is 1.48 bits per heavy atom. The van der Waals surface area contributed by atoms with E-state index in [2.05, 4.69) is 16.0 Å². The maximum absolute atomic E-state index is 11.6. The Bertz CT molecular complexity index is 656. The maximum atomic E-state index is 11.6. The first-order valence-corrected chi connectivity index (χ1v) is 8.56. The van der Waals surface area contributed by atoms with Crippen LogP contribution in [0.25, 0.3) is 0 Å². The van der Waals surface area contributed by atoms with Crippen LogP contribution in [0, 0.1) is 11.8 Å². The number of carbonyl (C=O) groups is 1. The molecule has 0 saturated heterocycles. The number of amides is 1. The highest BCUT2D eigenvalue weighted by atomic mass is 16.5. The summed E-state index contributed by atoms with van der Waals surface area (Å²) in [5, 5.41) is 8.77. The number of aromatic nitrogens is 1. The molecule has 5 nitrogen and oxygen atoms in total. The molecule has 1 fully saturated rings. The van der Waals surface area contributed by atoms with Gasteiger partial charge in [0.05, 0.1) is 5.56 Å². The van der Waals surface area contributed by atoms with E-state index in [9.17, 15) is 4.79 Å². The molecule has 3 aliphatic rings. The number of nitrogens with zero attached hydrogens (tertiary/aromatic N) is 2. The standard InChI is InChI=1S/C18H23N3O2/c22-18(20-23)15-8-16-11-21(5-4-17(16)19-9-15)10-12-2-1-3-13-7-14(13)6-12/h3,8-9,12,14,23H,1-2,4-7,10-11H2,(H,20,22)/t12-,14?/m0/s1. The third-order valence-electron chi connectivity index (χ3n) is 5.44. The summed E-state index contributed by atoms with van der Waals surface area (Å²) >= 11 is 0. The number of carbonyl (C=O) groups excluding carboxylic acids is 1. The second kappa shape index (κ2) is 6.06. The molecule has 0 bridgehead atoms. The summed E-state index contributed by atoms with van der Waals surface area (Å²) in [6, 6.07) is 1.87. The highest BCUT2D eigenvalue weighted by Crippen LogP contribution is 2.46. The largest absolute Gasteiger partial charge is 0.298 e. The molecule has 0 radical (unpaired) electrons. The molecule has 1 amide bonds. The summed E-state index contributed by atoms with van der Waals surface area (Å²) in [4.78, 5) is 18.5. The molecule has 2 atom stereocenters. The van der Waals surface area contributed by atoms with Crippen molar-refractivity contribution in [3.05, 3.63) is 40.7 Å². The quantitative estimate of drug-likeness (QED) is 0.510. The van der Waals surface area contributed by atoms with Crippen molar-refractivity contribution < 1.29 is 10.0 Å². The zero-order valence-corrected chi connectivity index (χ0v) is 13.3. The maximum Gasteiger partial charge on any atom is 0.276 e. The van der Waals surface area contributed by atoms with Crippen LogP contribution in [0.15, 0.2) is 23.9 Å². The number of pyridine rings is 1. The molecule has 2 N–H and O–H groups in total. The molecule has 2 heterocycles. The van der Waals surface area contributed by atoms with E-state index in [1.165, 1.54) is 25.7 Å². The van der Waals surface area contributed by atoms with Gasteiger partial charge in [0, 0.05) is 37.9 Å². The normalized spacial score (nSPS) is 26.6. The van der Waals surface area contributed by atoms with E-state index >= 15 is 0 Å². The van der Waals surface area contributed by atoms with Crippen molar-refractivity contribution in [3.8, 4) is 0 Å². The number of hydrogen-bond donors (Lipinski definition) is 2. The van der Waals surface area contributed by atoms with E-state index in [0.29, 0.717) is 5.56 Å². The van der Waals surface area contributed by atoms with Gasteiger partial charge in [0.15, 0.2) is 0 Å². The van der Waals surface area contributed by atoms with E-state index in [1.807, 2.05) is 6.07 Å². The molecule has 122 valence electrons. The molecule has 1 saturated carbocycles. The third kappa shape index (κ3) is 3.16. The minimum Gasteiger partial charge on any atom is -0.298 e. The third-order valence-corrected chi connectivity index (χ3v) is 5.44. The van der Waals surface area contributed by atoms with Crippen LogP contribution in [0.3, 0.4) is 0 Å². The molecule has 2 aliphatic carbocycles. The van der Waals surface area contributed by atoms with E-state index in [1.54, 1.807) is 17.3 Å². The first kappa shape index (κ1) is 14.8. The Balaban J connectivity index is 1.42. The lowest BCUT2D eigenvalue weighted by atomic mass is 9.95.